The Bertz CT molecular complexity index is 556. The minimum absolute atomic E-state index is 0.0964. The molecule has 1 aromatic carbocycles. The number of imide groups is 1. The van der Waals surface area contributed by atoms with Crippen molar-refractivity contribution in [1.82, 2.24) is 10.2 Å². The van der Waals surface area contributed by atoms with Crippen LogP contribution in [0.25, 0.3) is 0 Å². The molecule has 1 fully saturated rings. The largest absolute Gasteiger partial charge is 0.324 e. The van der Waals surface area contributed by atoms with Crippen molar-refractivity contribution < 1.29 is 14.4 Å². The smallest absolute Gasteiger partial charge is 0.246 e. The standard InChI is InChI=1S/C13H11N3O3/c14-6-10-3-1-9(2-4-10)5-13(19)16-7-11(17)15-12(18)8-16/h1-4H,5,7-8H2,(H,15,17,18). The van der Waals surface area contributed by atoms with Crippen molar-refractivity contribution in [3.05, 3.63) is 35.4 Å². The molecule has 6 nitrogen and oxygen atoms in total. The average molecular weight is 257 g/mol. The van der Waals surface area contributed by atoms with E-state index in [1.807, 2.05) is 6.07 Å². The lowest BCUT2D eigenvalue weighted by atomic mass is 10.1. The number of nitriles is 1. The van der Waals surface area contributed by atoms with Crippen molar-refractivity contribution in [3.8, 4) is 6.07 Å². The number of rotatable bonds is 2. The fourth-order valence-corrected chi connectivity index (χ4v) is 1.80. The first-order valence-corrected chi connectivity index (χ1v) is 5.68. The van der Waals surface area contributed by atoms with E-state index in [9.17, 15) is 14.4 Å². The second-order valence-electron chi connectivity index (χ2n) is 4.21. The third kappa shape index (κ3) is 3.16. The van der Waals surface area contributed by atoms with Crippen LogP contribution >= 0.6 is 0 Å². The Morgan fingerprint density at radius 2 is 1.79 bits per heavy atom. The lowest BCUT2D eigenvalue weighted by Gasteiger charge is -2.25. The van der Waals surface area contributed by atoms with Crippen molar-refractivity contribution in [2.45, 2.75) is 6.42 Å². The Hall–Kier alpha value is -2.68. The summed E-state index contributed by atoms with van der Waals surface area (Å²) in [4.78, 5) is 35.5. The number of hydrogen-bond acceptors (Lipinski definition) is 4. The third-order valence-corrected chi connectivity index (χ3v) is 2.74. The van der Waals surface area contributed by atoms with E-state index in [0.717, 1.165) is 5.56 Å². The number of nitrogens with zero attached hydrogens (tertiary/aromatic N) is 2. The zero-order valence-corrected chi connectivity index (χ0v) is 10.0. The molecule has 0 atom stereocenters. The number of carbonyl (C=O) groups is 3. The van der Waals surface area contributed by atoms with E-state index < -0.39 is 11.8 Å². The number of hydrogen-bond donors (Lipinski definition) is 1. The lowest BCUT2D eigenvalue weighted by molar-refractivity contribution is -0.145. The van der Waals surface area contributed by atoms with Crippen molar-refractivity contribution in [2.75, 3.05) is 13.1 Å². The number of piperazine rings is 1. The predicted molar refractivity (Wildman–Crippen MR) is 64.6 cm³/mol. The first-order valence-electron chi connectivity index (χ1n) is 5.68. The molecule has 0 unspecified atom stereocenters. The molecule has 0 radical (unpaired) electrons. The molecule has 1 aliphatic heterocycles. The fraction of sp³-hybridized carbons (Fsp3) is 0.231. The predicted octanol–water partition coefficient (Wildman–Crippen LogP) is -0.414. The summed E-state index contributed by atoms with van der Waals surface area (Å²) < 4.78 is 0. The zero-order valence-electron chi connectivity index (χ0n) is 10.0. The van der Waals surface area contributed by atoms with Gasteiger partial charge in [-0.05, 0) is 17.7 Å². The monoisotopic (exact) mass is 257 g/mol. The van der Waals surface area contributed by atoms with Gasteiger partial charge in [0.1, 0.15) is 13.1 Å². The summed E-state index contributed by atoms with van der Waals surface area (Å²) in [6, 6.07) is 8.60. The maximum Gasteiger partial charge on any atom is 0.246 e. The maximum absolute atomic E-state index is 11.9. The number of nitrogens with one attached hydrogen (secondary N) is 1. The fourth-order valence-electron chi connectivity index (χ4n) is 1.80. The molecule has 1 aromatic rings. The van der Waals surface area contributed by atoms with Gasteiger partial charge < -0.3 is 4.90 Å². The quantitative estimate of drug-likeness (QED) is 0.729. The zero-order chi connectivity index (χ0) is 13.8. The van der Waals surface area contributed by atoms with Crippen LogP contribution in [0.3, 0.4) is 0 Å². The van der Waals surface area contributed by atoms with Crippen LogP contribution < -0.4 is 5.32 Å². The molecule has 96 valence electrons. The Labute approximate surface area is 109 Å². The molecule has 0 aliphatic carbocycles. The van der Waals surface area contributed by atoms with Crippen LogP contribution in [-0.2, 0) is 20.8 Å². The van der Waals surface area contributed by atoms with Gasteiger partial charge in [0.05, 0.1) is 18.1 Å². The number of benzene rings is 1. The van der Waals surface area contributed by atoms with Crippen molar-refractivity contribution in [3.63, 3.8) is 0 Å². The highest BCUT2D eigenvalue weighted by molar-refractivity contribution is 6.02. The molecule has 0 saturated carbocycles. The van der Waals surface area contributed by atoms with Gasteiger partial charge in [-0.3, -0.25) is 19.7 Å². The highest BCUT2D eigenvalue weighted by atomic mass is 16.2. The van der Waals surface area contributed by atoms with Crippen LogP contribution in [0.15, 0.2) is 24.3 Å². The van der Waals surface area contributed by atoms with Crippen LogP contribution in [0.2, 0.25) is 0 Å². The Morgan fingerprint density at radius 3 is 2.32 bits per heavy atom. The van der Waals surface area contributed by atoms with Crippen LogP contribution in [-0.4, -0.2) is 35.7 Å². The minimum atomic E-state index is -0.468. The van der Waals surface area contributed by atoms with Gasteiger partial charge in [-0.1, -0.05) is 12.1 Å². The first-order chi connectivity index (χ1) is 9.08. The number of amides is 3. The molecular weight excluding hydrogens is 246 g/mol. The van der Waals surface area contributed by atoms with E-state index in [-0.39, 0.29) is 25.4 Å². The second kappa shape index (κ2) is 5.31. The molecule has 0 bridgehead atoms. The maximum atomic E-state index is 11.9. The second-order valence-corrected chi connectivity index (χ2v) is 4.21. The van der Waals surface area contributed by atoms with Gasteiger partial charge in [0.15, 0.2) is 0 Å². The first kappa shape index (κ1) is 12.8. The summed E-state index contributed by atoms with van der Waals surface area (Å²) in [5.41, 5.74) is 1.26. The topological polar surface area (TPSA) is 90.3 Å². The molecule has 1 saturated heterocycles. The lowest BCUT2D eigenvalue weighted by Crippen LogP contribution is -2.53. The van der Waals surface area contributed by atoms with Crippen molar-refractivity contribution in [2.24, 2.45) is 0 Å². The third-order valence-electron chi connectivity index (χ3n) is 2.74. The Morgan fingerprint density at radius 1 is 1.21 bits per heavy atom. The Kier molecular flexibility index (Phi) is 3.57. The summed E-state index contributed by atoms with van der Waals surface area (Å²) in [5.74, 6) is -1.22. The van der Waals surface area contributed by atoms with E-state index >= 15 is 0 Å². The highest BCUT2D eigenvalue weighted by Gasteiger charge is 2.26. The van der Waals surface area contributed by atoms with Gasteiger partial charge in [0.2, 0.25) is 17.7 Å². The van der Waals surface area contributed by atoms with Crippen molar-refractivity contribution >= 4 is 17.7 Å². The van der Waals surface area contributed by atoms with Gasteiger partial charge in [-0.15, -0.1) is 0 Å². The molecule has 0 spiro atoms. The molecule has 2 rings (SSSR count). The molecule has 19 heavy (non-hydrogen) atoms. The van der Waals surface area contributed by atoms with Crippen LogP contribution in [0.4, 0.5) is 0 Å². The molecule has 6 heteroatoms. The number of carbonyl (C=O) groups excluding carboxylic acids is 3. The molecule has 0 aromatic heterocycles. The summed E-state index contributed by atoms with van der Waals surface area (Å²) in [6.45, 7) is -0.193. The molecule has 3 amide bonds. The van der Waals surface area contributed by atoms with E-state index in [1.165, 1.54) is 4.90 Å². The minimum Gasteiger partial charge on any atom is -0.324 e. The van der Waals surface area contributed by atoms with Gasteiger partial charge in [-0.2, -0.15) is 5.26 Å². The average Bonchev–Trinajstić information content (AvgIpc) is 2.38. The summed E-state index contributed by atoms with van der Waals surface area (Å²) in [6.07, 6.45) is 0.103. The van der Waals surface area contributed by atoms with Crippen LogP contribution in [0.1, 0.15) is 11.1 Å². The summed E-state index contributed by atoms with van der Waals surface area (Å²) >= 11 is 0. The summed E-state index contributed by atoms with van der Waals surface area (Å²) in [5, 5.41) is 10.8. The SMILES string of the molecule is N#Cc1ccc(CC(=O)N2CC(=O)NC(=O)C2)cc1. The molecular formula is C13H11N3O3. The van der Waals surface area contributed by atoms with Gasteiger partial charge >= 0.3 is 0 Å². The van der Waals surface area contributed by atoms with E-state index in [2.05, 4.69) is 5.32 Å². The normalized spacial score (nSPS) is 14.8. The van der Waals surface area contributed by atoms with Gasteiger partial charge in [0.25, 0.3) is 0 Å². The van der Waals surface area contributed by atoms with Gasteiger partial charge in [-0.25, -0.2) is 0 Å². The van der Waals surface area contributed by atoms with Crippen LogP contribution in [0.5, 0.6) is 0 Å². The van der Waals surface area contributed by atoms with E-state index in [0.29, 0.717) is 5.56 Å². The van der Waals surface area contributed by atoms with Crippen molar-refractivity contribution in [1.29, 1.82) is 5.26 Å². The highest BCUT2D eigenvalue weighted by Crippen LogP contribution is 2.07. The van der Waals surface area contributed by atoms with Crippen LogP contribution in [0, 0.1) is 11.3 Å². The molecule has 1 N–H and O–H groups in total. The molecule has 1 aliphatic rings. The van der Waals surface area contributed by atoms with E-state index in [4.69, 9.17) is 5.26 Å². The molecule has 1 heterocycles. The summed E-state index contributed by atoms with van der Waals surface area (Å²) in [7, 11) is 0. The van der Waals surface area contributed by atoms with E-state index in [1.54, 1.807) is 24.3 Å². The van der Waals surface area contributed by atoms with Gasteiger partial charge in [0, 0.05) is 0 Å². The Balaban J connectivity index is 2.02.